The lowest BCUT2D eigenvalue weighted by Gasteiger charge is -2.21. The number of hydrogen-bond donors (Lipinski definition) is 2. The van der Waals surface area contributed by atoms with Crippen molar-refractivity contribution in [2.45, 2.75) is 38.1 Å². The first-order valence-corrected chi connectivity index (χ1v) is 10.4. The van der Waals surface area contributed by atoms with Crippen LogP contribution in [-0.2, 0) is 6.42 Å². The Morgan fingerprint density at radius 1 is 1.07 bits per heavy atom. The van der Waals surface area contributed by atoms with Gasteiger partial charge in [-0.25, -0.2) is 0 Å². The van der Waals surface area contributed by atoms with E-state index in [1.165, 1.54) is 12.8 Å². The molecule has 0 heterocycles. The van der Waals surface area contributed by atoms with Crippen LogP contribution in [0.2, 0.25) is 0 Å². The molecule has 2 aliphatic rings. The van der Waals surface area contributed by atoms with E-state index in [-0.39, 0.29) is 12.5 Å². The fourth-order valence-electron chi connectivity index (χ4n) is 3.58. The fourth-order valence-corrected chi connectivity index (χ4v) is 3.58. The molecule has 1 atom stereocenters. The summed E-state index contributed by atoms with van der Waals surface area (Å²) in [6.45, 7) is 0.689. The number of hydrogen-bond acceptors (Lipinski definition) is 5. The first-order chi connectivity index (χ1) is 14.6. The largest absolute Gasteiger partial charge is 0.496 e. The average Bonchev–Trinajstić information content (AvgIpc) is 3.56. The molecule has 30 heavy (non-hydrogen) atoms. The maximum atomic E-state index is 9.39. The number of rotatable bonds is 9. The number of benzene rings is 2. The number of para-hydroxylation sites is 1. The smallest absolute Gasteiger partial charge is 0.155 e. The molecule has 2 aromatic rings. The monoisotopic (exact) mass is 408 g/mol. The quantitative estimate of drug-likeness (QED) is 0.611. The first-order valence-electron chi connectivity index (χ1n) is 10.4. The minimum Gasteiger partial charge on any atom is -0.496 e. The van der Waals surface area contributed by atoms with Crippen LogP contribution in [0.5, 0.6) is 17.2 Å². The van der Waals surface area contributed by atoms with E-state index in [1.54, 1.807) is 7.11 Å². The van der Waals surface area contributed by atoms with Gasteiger partial charge in [-0.15, -0.1) is 0 Å². The predicted molar refractivity (Wildman–Crippen MR) is 116 cm³/mol. The molecule has 0 spiro atoms. The summed E-state index contributed by atoms with van der Waals surface area (Å²) in [5, 5.41) is 18.8. The van der Waals surface area contributed by atoms with Crippen molar-refractivity contribution in [3.8, 4) is 17.2 Å². The second-order valence-corrected chi connectivity index (χ2v) is 7.87. The highest BCUT2D eigenvalue weighted by atomic mass is 16.5. The number of methoxy groups -OCH3 is 1. The molecule has 0 bridgehead atoms. The molecule has 0 aliphatic heterocycles. The molecule has 0 radical (unpaired) electrons. The van der Waals surface area contributed by atoms with Crippen LogP contribution in [0.15, 0.2) is 60.7 Å². The number of ether oxygens (including phenoxy) is 3. The van der Waals surface area contributed by atoms with Gasteiger partial charge in [0.2, 0.25) is 0 Å². The lowest BCUT2D eigenvalue weighted by Crippen LogP contribution is -2.16. The number of aliphatic hydroxyl groups excluding tert-OH is 1. The third-order valence-electron chi connectivity index (χ3n) is 5.28. The van der Waals surface area contributed by atoms with Gasteiger partial charge in [0.05, 0.1) is 13.7 Å². The molecule has 4 rings (SSSR count). The molecule has 1 saturated carbocycles. The van der Waals surface area contributed by atoms with Crippen LogP contribution in [0.3, 0.4) is 0 Å². The highest BCUT2D eigenvalue weighted by Gasteiger charge is 2.22. The molecule has 2 N–H and O–H groups in total. The van der Waals surface area contributed by atoms with E-state index in [1.807, 2.05) is 42.5 Å². The zero-order chi connectivity index (χ0) is 20.9. The first kappa shape index (κ1) is 20.5. The molecule has 1 unspecified atom stereocenters. The lowest BCUT2D eigenvalue weighted by molar-refractivity contribution is -0.0381. The van der Waals surface area contributed by atoms with Gasteiger partial charge in [0, 0.05) is 24.5 Å². The SMILES string of the molecule is COc1ccccc1C1=CC(Oc2cc(CC(O)O)cc(OCC3CC3)c2)CC=C1. The Bertz CT molecular complexity index is 927. The lowest BCUT2D eigenvalue weighted by atomic mass is 9.97. The van der Waals surface area contributed by atoms with Crippen molar-refractivity contribution in [1.29, 1.82) is 0 Å². The summed E-state index contributed by atoms with van der Waals surface area (Å²) in [6, 6.07) is 13.5. The van der Waals surface area contributed by atoms with Crippen LogP contribution in [0.25, 0.3) is 5.57 Å². The molecular formula is C25H28O5. The van der Waals surface area contributed by atoms with E-state index in [0.29, 0.717) is 24.0 Å². The second-order valence-electron chi connectivity index (χ2n) is 7.87. The van der Waals surface area contributed by atoms with E-state index < -0.39 is 6.29 Å². The Hall–Kier alpha value is -2.76. The van der Waals surface area contributed by atoms with E-state index in [4.69, 9.17) is 14.2 Å². The predicted octanol–water partition coefficient (Wildman–Crippen LogP) is 4.13. The van der Waals surface area contributed by atoms with Gasteiger partial charge in [0.1, 0.15) is 23.4 Å². The van der Waals surface area contributed by atoms with Gasteiger partial charge in [-0.1, -0.05) is 30.4 Å². The van der Waals surface area contributed by atoms with Crippen molar-refractivity contribution in [2.24, 2.45) is 5.92 Å². The second kappa shape index (κ2) is 9.37. The van der Waals surface area contributed by atoms with Crippen LogP contribution in [-0.4, -0.2) is 36.3 Å². The molecule has 0 saturated heterocycles. The van der Waals surface area contributed by atoms with Crippen LogP contribution in [0.4, 0.5) is 0 Å². The molecule has 2 aliphatic carbocycles. The van der Waals surface area contributed by atoms with E-state index in [0.717, 1.165) is 28.9 Å². The van der Waals surface area contributed by atoms with Crippen molar-refractivity contribution < 1.29 is 24.4 Å². The van der Waals surface area contributed by atoms with E-state index in [9.17, 15) is 10.2 Å². The Labute approximate surface area is 177 Å². The minimum absolute atomic E-state index is 0.129. The summed E-state index contributed by atoms with van der Waals surface area (Å²) in [5.41, 5.74) is 2.85. The Balaban J connectivity index is 1.53. The van der Waals surface area contributed by atoms with Crippen LogP contribution in [0.1, 0.15) is 30.4 Å². The molecule has 0 amide bonds. The maximum Gasteiger partial charge on any atom is 0.155 e. The molecular weight excluding hydrogens is 380 g/mol. The number of aliphatic hydroxyl groups is 2. The van der Waals surface area contributed by atoms with Crippen LogP contribution in [0, 0.1) is 5.92 Å². The van der Waals surface area contributed by atoms with Gasteiger partial charge in [0.15, 0.2) is 6.29 Å². The zero-order valence-corrected chi connectivity index (χ0v) is 17.2. The Morgan fingerprint density at radius 3 is 2.63 bits per heavy atom. The highest BCUT2D eigenvalue weighted by Crippen LogP contribution is 2.33. The van der Waals surface area contributed by atoms with Crippen LogP contribution >= 0.6 is 0 Å². The molecule has 5 nitrogen and oxygen atoms in total. The summed E-state index contributed by atoms with van der Waals surface area (Å²) in [7, 11) is 1.67. The normalized spacial score (nSPS) is 18.3. The topological polar surface area (TPSA) is 68.2 Å². The minimum atomic E-state index is -1.41. The standard InChI is InChI=1S/C25H28O5/c1-28-24-8-3-2-7-23(24)19-5-4-6-20(14-19)30-22-12-18(13-25(26)27)11-21(15-22)29-16-17-9-10-17/h2-5,7-8,11-12,14-15,17,20,25-27H,6,9-10,13,16H2,1H3. The Kier molecular flexibility index (Phi) is 6.41. The summed E-state index contributed by atoms with van der Waals surface area (Å²) in [5.74, 6) is 2.82. The fraction of sp³-hybridized carbons (Fsp3) is 0.360. The van der Waals surface area contributed by atoms with Crippen LogP contribution < -0.4 is 14.2 Å². The summed E-state index contributed by atoms with van der Waals surface area (Å²) >= 11 is 0. The molecule has 1 fully saturated rings. The van der Waals surface area contributed by atoms with Crippen molar-refractivity contribution in [3.05, 3.63) is 71.8 Å². The van der Waals surface area contributed by atoms with Gasteiger partial charge in [-0.05, 0) is 54.2 Å². The number of allylic oxidation sites excluding steroid dienone is 2. The molecule has 0 aromatic heterocycles. The van der Waals surface area contributed by atoms with Crippen molar-refractivity contribution in [3.63, 3.8) is 0 Å². The van der Waals surface area contributed by atoms with E-state index >= 15 is 0 Å². The summed E-state index contributed by atoms with van der Waals surface area (Å²) in [4.78, 5) is 0. The van der Waals surface area contributed by atoms with Crippen molar-refractivity contribution in [1.82, 2.24) is 0 Å². The zero-order valence-electron chi connectivity index (χ0n) is 17.2. The van der Waals surface area contributed by atoms with E-state index in [2.05, 4.69) is 18.2 Å². The highest BCUT2D eigenvalue weighted by molar-refractivity contribution is 5.79. The van der Waals surface area contributed by atoms with Gasteiger partial charge in [-0.3, -0.25) is 0 Å². The van der Waals surface area contributed by atoms with Crippen molar-refractivity contribution in [2.75, 3.05) is 13.7 Å². The summed E-state index contributed by atoms with van der Waals surface area (Å²) in [6.07, 6.45) is 8.03. The molecule has 2 aromatic carbocycles. The third-order valence-corrected chi connectivity index (χ3v) is 5.28. The van der Waals surface area contributed by atoms with Gasteiger partial charge >= 0.3 is 0 Å². The third kappa shape index (κ3) is 5.43. The maximum absolute atomic E-state index is 9.39. The average molecular weight is 408 g/mol. The van der Waals surface area contributed by atoms with Gasteiger partial charge in [0.25, 0.3) is 0 Å². The molecule has 5 heteroatoms. The summed E-state index contributed by atoms with van der Waals surface area (Å²) < 4.78 is 17.7. The van der Waals surface area contributed by atoms with Gasteiger partial charge < -0.3 is 24.4 Å². The van der Waals surface area contributed by atoms with Crippen molar-refractivity contribution >= 4 is 5.57 Å². The molecule has 158 valence electrons. The van der Waals surface area contributed by atoms with Gasteiger partial charge in [-0.2, -0.15) is 0 Å². The Morgan fingerprint density at radius 2 is 1.87 bits per heavy atom.